The SMILES string of the molecule is CC1C(c2ccc(C(=O)OC(C)(C)C)cc2)=CCC2(C)C1CCC1(C)C2CCC2[C@H]3CCCC3(CCNCCN3CCSCC3)CC[C@]21C. The molecule has 7 rings (SSSR count). The second kappa shape index (κ2) is 13.6. The molecule has 0 amide bonds. The van der Waals surface area contributed by atoms with Crippen LogP contribution in [0.4, 0.5) is 0 Å². The fourth-order valence-corrected chi connectivity index (χ4v) is 14.4. The number of hydrogen-bond acceptors (Lipinski definition) is 5. The number of carbonyl (C=O) groups excluding carboxylic acids is 1. The van der Waals surface area contributed by atoms with Gasteiger partial charge in [-0.3, -0.25) is 0 Å². The molecular formula is C44H68N2O2S. The third kappa shape index (κ3) is 6.40. The molecule has 1 aromatic rings. The summed E-state index contributed by atoms with van der Waals surface area (Å²) in [5.74, 6) is 6.31. The third-order valence-electron chi connectivity index (χ3n) is 16.1. The lowest BCUT2D eigenvalue weighted by molar-refractivity contribution is -0.218. The second-order valence-electron chi connectivity index (χ2n) is 19.3. The Morgan fingerprint density at radius 3 is 2.39 bits per heavy atom. The summed E-state index contributed by atoms with van der Waals surface area (Å²) in [4.78, 5) is 15.4. The summed E-state index contributed by atoms with van der Waals surface area (Å²) in [6.45, 7) is 22.8. The van der Waals surface area contributed by atoms with Gasteiger partial charge in [0.15, 0.2) is 0 Å². The van der Waals surface area contributed by atoms with E-state index < -0.39 is 5.60 Å². The van der Waals surface area contributed by atoms with E-state index in [1.165, 1.54) is 119 Å². The van der Waals surface area contributed by atoms with E-state index in [2.05, 4.69) is 67.9 Å². The quantitative estimate of drug-likeness (QED) is 0.218. The van der Waals surface area contributed by atoms with Crippen molar-refractivity contribution in [2.75, 3.05) is 44.2 Å². The monoisotopic (exact) mass is 689 g/mol. The van der Waals surface area contributed by atoms with Gasteiger partial charge in [0.1, 0.15) is 5.60 Å². The van der Waals surface area contributed by atoms with Crippen molar-refractivity contribution in [3.63, 3.8) is 0 Å². The minimum Gasteiger partial charge on any atom is -0.456 e. The summed E-state index contributed by atoms with van der Waals surface area (Å²) in [5, 5.41) is 3.92. The van der Waals surface area contributed by atoms with Crippen LogP contribution < -0.4 is 5.32 Å². The predicted molar refractivity (Wildman–Crippen MR) is 207 cm³/mol. The van der Waals surface area contributed by atoms with Crippen molar-refractivity contribution in [2.24, 2.45) is 51.2 Å². The number of benzene rings is 1. The van der Waals surface area contributed by atoms with Crippen LogP contribution in [0.2, 0.25) is 0 Å². The number of nitrogens with zero attached hydrogens (tertiary/aromatic N) is 1. The van der Waals surface area contributed by atoms with Crippen molar-refractivity contribution in [3.05, 3.63) is 41.5 Å². The van der Waals surface area contributed by atoms with Gasteiger partial charge in [0.05, 0.1) is 5.56 Å². The van der Waals surface area contributed by atoms with Crippen LogP contribution in [0.5, 0.6) is 0 Å². The number of hydrogen-bond donors (Lipinski definition) is 1. The fourth-order valence-electron chi connectivity index (χ4n) is 13.4. The average molecular weight is 689 g/mol. The van der Waals surface area contributed by atoms with E-state index in [0.717, 1.165) is 30.2 Å². The molecule has 5 aliphatic carbocycles. The van der Waals surface area contributed by atoms with Gasteiger partial charge in [-0.15, -0.1) is 0 Å². The molecule has 5 fully saturated rings. The second-order valence-corrected chi connectivity index (χ2v) is 20.5. The Kier molecular flexibility index (Phi) is 10.0. The smallest absolute Gasteiger partial charge is 0.338 e. The van der Waals surface area contributed by atoms with Crippen molar-refractivity contribution in [1.82, 2.24) is 10.2 Å². The number of allylic oxidation sites excluding steroid dienone is 2. The average Bonchev–Trinajstić information content (AvgIpc) is 3.49. The van der Waals surface area contributed by atoms with Crippen LogP contribution in [0.15, 0.2) is 30.3 Å². The van der Waals surface area contributed by atoms with Crippen LogP contribution in [0.25, 0.3) is 5.57 Å². The van der Waals surface area contributed by atoms with Gasteiger partial charge >= 0.3 is 5.97 Å². The molecular weight excluding hydrogens is 621 g/mol. The molecule has 0 spiro atoms. The minimum atomic E-state index is -0.479. The number of rotatable bonds is 8. The van der Waals surface area contributed by atoms with Crippen LogP contribution >= 0.6 is 11.8 Å². The van der Waals surface area contributed by atoms with E-state index >= 15 is 0 Å². The molecule has 49 heavy (non-hydrogen) atoms. The Morgan fingerprint density at radius 1 is 0.898 bits per heavy atom. The topological polar surface area (TPSA) is 41.6 Å². The molecule has 5 heteroatoms. The number of ether oxygens (including phenoxy) is 1. The standard InChI is InChI=1S/C44H68N2O2S/c1-31-34(32-10-12-33(13-11-32)39(47)48-40(2,3)4)16-19-41(5)35(31)17-20-43(7)38(41)15-14-36-37-9-8-18-44(37,22-21-42(36,43)6)23-24-45-25-26-46-27-29-49-30-28-46/h10-13,16,31,35-38,45H,8-9,14-15,17-30H2,1-7H3/t31?,35?,36?,37-,38?,41?,42-,43?,44?/m1/s1. The van der Waals surface area contributed by atoms with E-state index in [1.54, 1.807) is 0 Å². The molecule has 1 aromatic carbocycles. The molecule has 0 bridgehead atoms. The van der Waals surface area contributed by atoms with Crippen LogP contribution in [-0.2, 0) is 4.74 Å². The zero-order valence-electron chi connectivity index (χ0n) is 32.2. The highest BCUT2D eigenvalue weighted by atomic mass is 32.2. The maximum absolute atomic E-state index is 12.7. The largest absolute Gasteiger partial charge is 0.456 e. The summed E-state index contributed by atoms with van der Waals surface area (Å²) in [7, 11) is 0. The maximum Gasteiger partial charge on any atom is 0.338 e. The molecule has 4 saturated carbocycles. The lowest BCUT2D eigenvalue weighted by Gasteiger charge is -2.71. The predicted octanol–water partition coefficient (Wildman–Crippen LogP) is 10.1. The van der Waals surface area contributed by atoms with E-state index in [4.69, 9.17) is 4.74 Å². The molecule has 1 saturated heterocycles. The molecule has 7 unspecified atom stereocenters. The first-order chi connectivity index (χ1) is 23.3. The highest BCUT2D eigenvalue weighted by Gasteiger charge is 2.68. The van der Waals surface area contributed by atoms with Crippen LogP contribution in [0, 0.1) is 51.2 Å². The number of carbonyl (C=O) groups is 1. The molecule has 9 atom stereocenters. The van der Waals surface area contributed by atoms with Gasteiger partial charge in [-0.05, 0) is 166 Å². The van der Waals surface area contributed by atoms with E-state index in [9.17, 15) is 4.79 Å². The molecule has 0 aromatic heterocycles. The van der Waals surface area contributed by atoms with Crippen molar-refractivity contribution in [3.8, 4) is 0 Å². The lowest BCUT2D eigenvalue weighted by atomic mass is 9.33. The Labute approximate surface area is 303 Å². The van der Waals surface area contributed by atoms with Crippen molar-refractivity contribution in [2.45, 2.75) is 125 Å². The van der Waals surface area contributed by atoms with E-state index in [0.29, 0.717) is 33.1 Å². The van der Waals surface area contributed by atoms with Crippen LogP contribution in [0.3, 0.4) is 0 Å². The first-order valence-corrected chi connectivity index (χ1v) is 21.5. The van der Waals surface area contributed by atoms with Crippen LogP contribution in [0.1, 0.15) is 135 Å². The van der Waals surface area contributed by atoms with Gasteiger partial charge in [0.2, 0.25) is 0 Å². The number of fused-ring (bicyclic) bond motifs is 7. The maximum atomic E-state index is 12.7. The third-order valence-corrected chi connectivity index (χ3v) is 17.0. The van der Waals surface area contributed by atoms with Crippen molar-refractivity contribution >= 4 is 23.3 Å². The van der Waals surface area contributed by atoms with E-state index in [-0.39, 0.29) is 5.97 Å². The van der Waals surface area contributed by atoms with Gasteiger partial charge in [0, 0.05) is 37.7 Å². The molecule has 1 aliphatic heterocycles. The van der Waals surface area contributed by atoms with Gasteiger partial charge < -0.3 is 15.0 Å². The fraction of sp³-hybridized carbons (Fsp3) is 0.795. The molecule has 1 N–H and O–H groups in total. The summed E-state index contributed by atoms with van der Waals surface area (Å²) in [6, 6.07) is 8.29. The normalized spacial score (nSPS) is 40.8. The minimum absolute atomic E-state index is 0.232. The molecule has 6 aliphatic rings. The summed E-state index contributed by atoms with van der Waals surface area (Å²) in [6.07, 6.45) is 18.2. The number of thioether (sulfide) groups is 1. The zero-order valence-corrected chi connectivity index (χ0v) is 33.0. The van der Waals surface area contributed by atoms with Gasteiger partial charge in [-0.1, -0.05) is 52.3 Å². The van der Waals surface area contributed by atoms with Crippen molar-refractivity contribution < 1.29 is 9.53 Å². The van der Waals surface area contributed by atoms with Gasteiger partial charge in [-0.25, -0.2) is 4.79 Å². The lowest BCUT2D eigenvalue weighted by Crippen LogP contribution is -2.64. The van der Waals surface area contributed by atoms with Crippen molar-refractivity contribution in [1.29, 1.82) is 0 Å². The molecule has 0 radical (unpaired) electrons. The molecule has 4 nitrogen and oxygen atoms in total. The summed E-state index contributed by atoms with van der Waals surface area (Å²) >= 11 is 2.12. The number of esters is 1. The summed E-state index contributed by atoms with van der Waals surface area (Å²) < 4.78 is 5.64. The summed E-state index contributed by atoms with van der Waals surface area (Å²) in [5.41, 5.74) is 4.81. The Balaban J connectivity index is 1.03. The zero-order chi connectivity index (χ0) is 34.7. The van der Waals surface area contributed by atoms with Crippen LogP contribution in [-0.4, -0.2) is 60.7 Å². The van der Waals surface area contributed by atoms with Gasteiger partial charge in [-0.2, -0.15) is 11.8 Å². The Bertz CT molecular complexity index is 1380. The molecule has 1 heterocycles. The van der Waals surface area contributed by atoms with E-state index in [1.807, 2.05) is 32.9 Å². The Hall–Kier alpha value is -1.30. The first kappa shape index (κ1) is 36.1. The highest BCUT2D eigenvalue weighted by Crippen LogP contribution is 2.76. The highest BCUT2D eigenvalue weighted by molar-refractivity contribution is 7.99. The van der Waals surface area contributed by atoms with Gasteiger partial charge in [0.25, 0.3) is 0 Å². The molecule has 272 valence electrons. The first-order valence-electron chi connectivity index (χ1n) is 20.3. The Morgan fingerprint density at radius 2 is 1.65 bits per heavy atom. The number of nitrogens with one attached hydrogen (secondary N) is 1.